The minimum absolute atomic E-state index is 0.0792. The molecule has 98 valence electrons. The maximum atomic E-state index is 11.8. The van der Waals surface area contributed by atoms with E-state index >= 15 is 0 Å². The third kappa shape index (κ3) is 2.91. The number of rotatable bonds is 4. The Kier molecular flexibility index (Phi) is 4.02. The summed E-state index contributed by atoms with van der Waals surface area (Å²) < 4.78 is 0. The second kappa shape index (κ2) is 5.53. The van der Waals surface area contributed by atoms with E-state index in [4.69, 9.17) is 5.73 Å². The minimum atomic E-state index is -0.0792. The van der Waals surface area contributed by atoms with E-state index in [9.17, 15) is 4.79 Å². The molecule has 0 spiro atoms. The van der Waals surface area contributed by atoms with Crippen molar-refractivity contribution in [3.8, 4) is 0 Å². The van der Waals surface area contributed by atoms with Crippen molar-refractivity contribution in [1.29, 1.82) is 0 Å². The average molecular weight is 246 g/mol. The maximum absolute atomic E-state index is 11.8. The van der Waals surface area contributed by atoms with Crippen molar-refractivity contribution in [3.63, 3.8) is 0 Å². The fourth-order valence-electron chi connectivity index (χ4n) is 2.55. The molecule has 1 fully saturated rings. The molecule has 1 aromatic carbocycles. The minimum Gasteiger partial charge on any atom is -0.340 e. The van der Waals surface area contributed by atoms with Crippen molar-refractivity contribution in [1.82, 2.24) is 4.90 Å². The predicted octanol–water partition coefficient (Wildman–Crippen LogP) is 2.25. The Balaban J connectivity index is 1.99. The lowest BCUT2D eigenvalue weighted by Gasteiger charge is -2.21. The molecule has 0 radical (unpaired) electrons. The summed E-state index contributed by atoms with van der Waals surface area (Å²) in [5.41, 5.74) is 8.52. The van der Waals surface area contributed by atoms with Crippen LogP contribution in [0.1, 0.15) is 36.9 Å². The van der Waals surface area contributed by atoms with Gasteiger partial charge in [0.25, 0.3) is 0 Å². The van der Waals surface area contributed by atoms with Crippen LogP contribution in [0.5, 0.6) is 0 Å². The van der Waals surface area contributed by atoms with Crippen molar-refractivity contribution in [3.05, 3.63) is 35.4 Å². The first-order valence-electron chi connectivity index (χ1n) is 6.70. The summed E-state index contributed by atoms with van der Waals surface area (Å²) in [4.78, 5) is 13.8. The van der Waals surface area contributed by atoms with Gasteiger partial charge in [0.15, 0.2) is 0 Å². The number of nitrogens with zero attached hydrogens (tertiary/aromatic N) is 1. The van der Waals surface area contributed by atoms with E-state index in [1.54, 1.807) is 0 Å². The van der Waals surface area contributed by atoms with Gasteiger partial charge in [-0.15, -0.1) is 0 Å². The van der Waals surface area contributed by atoms with E-state index in [-0.39, 0.29) is 11.9 Å². The maximum Gasteiger partial charge on any atom is 0.222 e. The van der Waals surface area contributed by atoms with Gasteiger partial charge in [0.05, 0.1) is 0 Å². The molecule has 2 atom stereocenters. The molecule has 0 aromatic heterocycles. The van der Waals surface area contributed by atoms with Crippen LogP contribution in [0.15, 0.2) is 24.3 Å². The van der Waals surface area contributed by atoms with Crippen LogP contribution in [0.3, 0.4) is 0 Å². The zero-order valence-electron chi connectivity index (χ0n) is 11.2. The van der Waals surface area contributed by atoms with Crippen molar-refractivity contribution in [2.24, 2.45) is 11.7 Å². The first kappa shape index (κ1) is 13.1. The largest absolute Gasteiger partial charge is 0.340 e. The van der Waals surface area contributed by atoms with Crippen LogP contribution in [0.4, 0.5) is 0 Å². The van der Waals surface area contributed by atoms with Crippen molar-refractivity contribution in [2.45, 2.75) is 32.7 Å². The quantitative estimate of drug-likeness (QED) is 0.885. The zero-order chi connectivity index (χ0) is 13.1. The number of likely N-dealkylation sites (tertiary alicyclic amines) is 1. The number of benzene rings is 1. The van der Waals surface area contributed by atoms with Gasteiger partial charge >= 0.3 is 0 Å². The second-order valence-corrected chi connectivity index (χ2v) is 5.30. The van der Waals surface area contributed by atoms with Crippen LogP contribution in [0, 0.1) is 12.8 Å². The number of nitrogens with two attached hydrogens (primary N) is 1. The molecule has 2 rings (SSSR count). The molecule has 0 saturated carbocycles. The third-order valence-electron chi connectivity index (χ3n) is 3.76. The Morgan fingerprint density at radius 3 is 2.89 bits per heavy atom. The lowest BCUT2D eigenvalue weighted by Crippen LogP contribution is -2.33. The van der Waals surface area contributed by atoms with E-state index in [1.165, 1.54) is 5.56 Å². The molecule has 2 unspecified atom stereocenters. The average Bonchev–Trinajstić information content (AvgIpc) is 2.70. The van der Waals surface area contributed by atoms with E-state index in [1.807, 2.05) is 17.0 Å². The summed E-state index contributed by atoms with van der Waals surface area (Å²) in [5.74, 6) is 0.771. The van der Waals surface area contributed by atoms with Gasteiger partial charge in [-0.25, -0.2) is 0 Å². The topological polar surface area (TPSA) is 46.3 Å². The lowest BCUT2D eigenvalue weighted by molar-refractivity contribution is -0.127. The summed E-state index contributed by atoms with van der Waals surface area (Å²) in [6, 6.07) is 8.14. The highest BCUT2D eigenvalue weighted by Gasteiger charge is 2.29. The Hall–Kier alpha value is -1.35. The molecule has 3 heteroatoms. The van der Waals surface area contributed by atoms with Crippen LogP contribution in [0.25, 0.3) is 0 Å². The van der Waals surface area contributed by atoms with Gasteiger partial charge in [0, 0.05) is 25.6 Å². The molecule has 3 nitrogen and oxygen atoms in total. The van der Waals surface area contributed by atoms with Crippen molar-refractivity contribution < 1.29 is 4.79 Å². The Morgan fingerprint density at radius 2 is 2.28 bits per heavy atom. The number of carbonyl (C=O) groups excluding carboxylic acids is 1. The molecule has 0 aliphatic carbocycles. The Labute approximate surface area is 109 Å². The number of aryl methyl sites for hydroxylation is 1. The standard InChI is InChI=1S/C15H22N2O/c1-3-12-8-15(18)17(9-12)10-14(16)13-6-4-5-11(2)7-13/h4-7,12,14H,3,8-10,16H2,1-2H3. The van der Waals surface area contributed by atoms with Gasteiger partial charge in [-0.05, 0) is 18.4 Å². The zero-order valence-corrected chi connectivity index (χ0v) is 11.2. The highest BCUT2D eigenvalue weighted by atomic mass is 16.2. The van der Waals surface area contributed by atoms with Gasteiger partial charge in [0.1, 0.15) is 0 Å². The lowest BCUT2D eigenvalue weighted by atomic mass is 10.0. The normalized spacial score (nSPS) is 21.4. The van der Waals surface area contributed by atoms with E-state index in [0.717, 1.165) is 18.5 Å². The van der Waals surface area contributed by atoms with E-state index in [2.05, 4.69) is 26.0 Å². The summed E-state index contributed by atoms with van der Waals surface area (Å²) >= 11 is 0. The second-order valence-electron chi connectivity index (χ2n) is 5.30. The number of hydrogen-bond donors (Lipinski definition) is 1. The van der Waals surface area contributed by atoms with Crippen LogP contribution in [-0.4, -0.2) is 23.9 Å². The molecular weight excluding hydrogens is 224 g/mol. The molecule has 1 aliphatic rings. The van der Waals surface area contributed by atoms with Crippen LogP contribution < -0.4 is 5.73 Å². The fourth-order valence-corrected chi connectivity index (χ4v) is 2.55. The Morgan fingerprint density at radius 1 is 1.50 bits per heavy atom. The molecular formula is C15H22N2O. The van der Waals surface area contributed by atoms with Gasteiger partial charge < -0.3 is 10.6 Å². The summed E-state index contributed by atoms with van der Waals surface area (Å²) in [7, 11) is 0. The van der Waals surface area contributed by atoms with Crippen LogP contribution in [-0.2, 0) is 4.79 Å². The molecule has 1 aromatic rings. The molecule has 1 saturated heterocycles. The molecule has 2 N–H and O–H groups in total. The first-order chi connectivity index (χ1) is 8.60. The summed E-state index contributed by atoms with van der Waals surface area (Å²) in [6.45, 7) is 5.71. The summed E-state index contributed by atoms with van der Waals surface area (Å²) in [6.07, 6.45) is 1.76. The summed E-state index contributed by atoms with van der Waals surface area (Å²) in [5, 5.41) is 0. The van der Waals surface area contributed by atoms with Gasteiger partial charge in [-0.3, -0.25) is 4.79 Å². The van der Waals surface area contributed by atoms with E-state index in [0.29, 0.717) is 18.9 Å². The molecule has 18 heavy (non-hydrogen) atoms. The SMILES string of the molecule is CCC1CC(=O)N(CC(N)c2cccc(C)c2)C1. The number of amides is 1. The molecule has 0 bridgehead atoms. The first-order valence-corrected chi connectivity index (χ1v) is 6.70. The van der Waals surface area contributed by atoms with Gasteiger partial charge in [-0.1, -0.05) is 43.2 Å². The molecule has 1 amide bonds. The van der Waals surface area contributed by atoms with Crippen LogP contribution in [0.2, 0.25) is 0 Å². The van der Waals surface area contributed by atoms with Crippen molar-refractivity contribution >= 4 is 5.91 Å². The smallest absolute Gasteiger partial charge is 0.222 e. The molecule has 1 heterocycles. The van der Waals surface area contributed by atoms with Gasteiger partial charge in [-0.2, -0.15) is 0 Å². The monoisotopic (exact) mass is 246 g/mol. The number of hydrogen-bond acceptors (Lipinski definition) is 2. The number of carbonyl (C=O) groups is 1. The van der Waals surface area contributed by atoms with Crippen molar-refractivity contribution in [2.75, 3.05) is 13.1 Å². The van der Waals surface area contributed by atoms with E-state index < -0.39 is 0 Å². The Bertz CT molecular complexity index is 430. The highest BCUT2D eigenvalue weighted by Crippen LogP contribution is 2.23. The van der Waals surface area contributed by atoms with Gasteiger partial charge in [0.2, 0.25) is 5.91 Å². The molecule has 1 aliphatic heterocycles. The van der Waals surface area contributed by atoms with Crippen LogP contribution >= 0.6 is 0 Å². The highest BCUT2D eigenvalue weighted by molar-refractivity contribution is 5.78. The predicted molar refractivity (Wildman–Crippen MR) is 73.1 cm³/mol. The third-order valence-corrected chi connectivity index (χ3v) is 3.76. The fraction of sp³-hybridized carbons (Fsp3) is 0.533.